The number of aryl methyl sites for hydroxylation is 1. The molecule has 0 radical (unpaired) electrons. The van der Waals surface area contributed by atoms with E-state index in [0.29, 0.717) is 6.10 Å². The van der Waals surface area contributed by atoms with Crippen molar-refractivity contribution in [2.45, 2.75) is 51.1 Å². The molecule has 1 N–H and O–H groups in total. The van der Waals surface area contributed by atoms with Gasteiger partial charge in [0.15, 0.2) is 0 Å². The van der Waals surface area contributed by atoms with Crippen LogP contribution in [0.1, 0.15) is 30.5 Å². The molecule has 0 saturated carbocycles. The van der Waals surface area contributed by atoms with Gasteiger partial charge in [-0.3, -0.25) is 4.90 Å². The van der Waals surface area contributed by atoms with Crippen molar-refractivity contribution in [3.05, 3.63) is 16.1 Å². The average Bonchev–Trinajstić information content (AvgIpc) is 2.91. The number of carboxylic acid groups (broad SMARTS) is 1. The zero-order valence-corrected chi connectivity index (χ0v) is 15.5. The molecule has 1 aromatic heterocycles. The first-order valence-electron chi connectivity index (χ1n) is 8.32. The molecule has 0 bridgehead atoms. The summed E-state index contributed by atoms with van der Waals surface area (Å²) in [6.07, 6.45) is -2.60. The Hall–Kier alpha value is -1.23. The zero-order chi connectivity index (χ0) is 19.4. The van der Waals surface area contributed by atoms with E-state index in [2.05, 4.69) is 29.1 Å². The molecule has 2 saturated heterocycles. The maximum atomic E-state index is 10.6. The van der Waals surface area contributed by atoms with Gasteiger partial charge in [0.1, 0.15) is 5.01 Å². The van der Waals surface area contributed by atoms with Crippen LogP contribution in [-0.4, -0.2) is 65.1 Å². The Labute approximate surface area is 153 Å². The van der Waals surface area contributed by atoms with E-state index in [-0.39, 0.29) is 5.60 Å². The third kappa shape index (κ3) is 5.90. The van der Waals surface area contributed by atoms with Crippen LogP contribution in [0.25, 0.3) is 0 Å². The number of carbonyl (C=O) groups is 1. The van der Waals surface area contributed by atoms with E-state index in [1.54, 1.807) is 11.3 Å². The normalized spacial score (nSPS) is 22.4. The number of rotatable bonds is 4. The second kappa shape index (κ2) is 8.64. The molecule has 2 aliphatic heterocycles. The number of carboxylic acids is 1. The summed E-state index contributed by atoms with van der Waals surface area (Å²) in [5, 5.41) is 10.5. The van der Waals surface area contributed by atoms with Gasteiger partial charge in [-0.05, 0) is 20.3 Å². The first kappa shape index (κ1) is 21.1. The molecule has 1 unspecified atom stereocenters. The highest BCUT2D eigenvalue weighted by Gasteiger charge is 2.47. The molecule has 10 heteroatoms. The summed E-state index contributed by atoms with van der Waals surface area (Å²) in [6, 6.07) is 0. The molecule has 1 spiro atoms. The van der Waals surface area contributed by atoms with E-state index < -0.39 is 12.1 Å². The Balaban J connectivity index is 0.000000298. The molecule has 148 valence electrons. The summed E-state index contributed by atoms with van der Waals surface area (Å²) in [4.78, 5) is 15.8. The topological polar surface area (TPSA) is 71.9 Å². The zero-order valence-electron chi connectivity index (χ0n) is 14.7. The number of alkyl halides is 3. The second-order valence-electron chi connectivity index (χ2n) is 6.43. The minimum absolute atomic E-state index is 0.0599. The summed E-state index contributed by atoms with van der Waals surface area (Å²) in [5.41, 5.74) is 1.19. The van der Waals surface area contributed by atoms with Gasteiger partial charge in [0.2, 0.25) is 0 Å². The standard InChI is InChI=1S/C14H22N2O2S.C2HF3O2/c1-3-17-12-4-5-18-14(6-12)9-16(10-14)7-13-15-11(2)8-19-13;3-2(4,5)1(6)7/h8,12H,3-7,9-10H2,1-2H3;(H,6,7). The first-order valence-corrected chi connectivity index (χ1v) is 9.20. The van der Waals surface area contributed by atoms with Gasteiger partial charge in [-0.1, -0.05) is 0 Å². The summed E-state index contributed by atoms with van der Waals surface area (Å²) >= 11 is 1.75. The number of aromatic nitrogens is 1. The van der Waals surface area contributed by atoms with Crippen LogP contribution in [0.4, 0.5) is 13.2 Å². The maximum Gasteiger partial charge on any atom is 0.490 e. The number of halogens is 3. The molecular weight excluding hydrogens is 373 g/mol. The minimum atomic E-state index is -5.08. The Morgan fingerprint density at radius 1 is 1.54 bits per heavy atom. The molecule has 0 aromatic carbocycles. The fraction of sp³-hybridized carbons (Fsp3) is 0.750. The van der Waals surface area contributed by atoms with Crippen LogP contribution in [0.15, 0.2) is 5.38 Å². The lowest BCUT2D eigenvalue weighted by Gasteiger charge is -2.53. The summed E-state index contributed by atoms with van der Waals surface area (Å²) in [6.45, 7) is 8.78. The van der Waals surface area contributed by atoms with E-state index in [4.69, 9.17) is 19.4 Å². The Morgan fingerprint density at radius 3 is 2.69 bits per heavy atom. The van der Waals surface area contributed by atoms with Crippen LogP contribution in [0.5, 0.6) is 0 Å². The molecule has 0 amide bonds. The number of hydrogen-bond acceptors (Lipinski definition) is 6. The number of nitrogens with zero attached hydrogens (tertiary/aromatic N) is 2. The quantitative estimate of drug-likeness (QED) is 0.844. The van der Waals surface area contributed by atoms with Crippen molar-refractivity contribution >= 4 is 17.3 Å². The van der Waals surface area contributed by atoms with Crippen molar-refractivity contribution in [2.24, 2.45) is 0 Å². The first-order chi connectivity index (χ1) is 12.1. The SMILES string of the molecule is CCOC1CCOC2(C1)CN(Cc1nc(C)cs1)C2.O=C(O)C(F)(F)F. The van der Waals surface area contributed by atoms with E-state index in [9.17, 15) is 13.2 Å². The van der Waals surface area contributed by atoms with Crippen LogP contribution >= 0.6 is 11.3 Å². The lowest BCUT2D eigenvalue weighted by Crippen LogP contribution is -2.65. The van der Waals surface area contributed by atoms with Crippen LogP contribution in [0.3, 0.4) is 0 Å². The molecule has 26 heavy (non-hydrogen) atoms. The Bertz CT molecular complexity index is 601. The minimum Gasteiger partial charge on any atom is -0.475 e. The predicted molar refractivity (Wildman–Crippen MR) is 89.1 cm³/mol. The number of ether oxygens (including phenoxy) is 2. The molecule has 1 aromatic rings. The molecular formula is C16H23F3N2O4S. The highest BCUT2D eigenvalue weighted by atomic mass is 32.1. The maximum absolute atomic E-state index is 10.6. The molecule has 3 rings (SSSR count). The Kier molecular flexibility index (Phi) is 7.00. The number of aliphatic carboxylic acids is 1. The van der Waals surface area contributed by atoms with Crippen LogP contribution in [0.2, 0.25) is 0 Å². The van der Waals surface area contributed by atoms with Gasteiger partial charge in [-0.15, -0.1) is 11.3 Å². The van der Waals surface area contributed by atoms with Crippen LogP contribution in [0, 0.1) is 6.92 Å². The van der Waals surface area contributed by atoms with Gasteiger partial charge in [0.25, 0.3) is 0 Å². The highest BCUT2D eigenvalue weighted by molar-refractivity contribution is 7.09. The fourth-order valence-electron chi connectivity index (χ4n) is 3.13. The smallest absolute Gasteiger partial charge is 0.475 e. The molecule has 6 nitrogen and oxygen atoms in total. The number of thiazole rings is 1. The third-order valence-electron chi connectivity index (χ3n) is 4.14. The monoisotopic (exact) mass is 396 g/mol. The van der Waals surface area contributed by atoms with Crippen LogP contribution < -0.4 is 0 Å². The van der Waals surface area contributed by atoms with Gasteiger partial charge < -0.3 is 14.6 Å². The molecule has 1 atom stereocenters. The van der Waals surface area contributed by atoms with Gasteiger partial charge in [-0.25, -0.2) is 9.78 Å². The largest absolute Gasteiger partial charge is 0.490 e. The summed E-state index contributed by atoms with van der Waals surface area (Å²) in [7, 11) is 0. The van der Waals surface area contributed by atoms with Gasteiger partial charge in [0, 0.05) is 43.8 Å². The number of likely N-dealkylation sites (tertiary alicyclic amines) is 1. The van der Waals surface area contributed by atoms with E-state index >= 15 is 0 Å². The molecule has 3 heterocycles. The lowest BCUT2D eigenvalue weighted by atomic mass is 9.85. The Morgan fingerprint density at radius 2 is 2.19 bits per heavy atom. The van der Waals surface area contributed by atoms with Crippen molar-refractivity contribution in [2.75, 3.05) is 26.3 Å². The van der Waals surface area contributed by atoms with Crippen molar-refractivity contribution in [1.82, 2.24) is 9.88 Å². The number of hydrogen-bond donors (Lipinski definition) is 1. The van der Waals surface area contributed by atoms with Crippen molar-refractivity contribution in [3.63, 3.8) is 0 Å². The van der Waals surface area contributed by atoms with Crippen molar-refractivity contribution in [1.29, 1.82) is 0 Å². The molecule has 0 aliphatic carbocycles. The van der Waals surface area contributed by atoms with E-state index in [0.717, 1.165) is 51.4 Å². The third-order valence-corrected chi connectivity index (χ3v) is 5.09. The van der Waals surface area contributed by atoms with Crippen LogP contribution in [-0.2, 0) is 20.8 Å². The molecule has 2 fully saturated rings. The average molecular weight is 396 g/mol. The summed E-state index contributed by atoms with van der Waals surface area (Å²) in [5.74, 6) is -2.76. The highest BCUT2D eigenvalue weighted by Crippen LogP contribution is 2.36. The van der Waals surface area contributed by atoms with Crippen molar-refractivity contribution < 1.29 is 32.5 Å². The van der Waals surface area contributed by atoms with Crippen molar-refractivity contribution in [3.8, 4) is 0 Å². The van der Waals surface area contributed by atoms with E-state index in [1.807, 2.05) is 0 Å². The molecule has 2 aliphatic rings. The fourth-order valence-corrected chi connectivity index (χ4v) is 3.94. The van der Waals surface area contributed by atoms with Gasteiger partial charge in [-0.2, -0.15) is 13.2 Å². The van der Waals surface area contributed by atoms with Gasteiger partial charge in [0.05, 0.1) is 18.2 Å². The summed E-state index contributed by atoms with van der Waals surface area (Å²) < 4.78 is 43.5. The second-order valence-corrected chi connectivity index (χ2v) is 7.37. The van der Waals surface area contributed by atoms with Gasteiger partial charge >= 0.3 is 12.1 Å². The lowest BCUT2D eigenvalue weighted by molar-refractivity contribution is -0.198. The predicted octanol–water partition coefficient (Wildman–Crippen LogP) is 2.85. The van der Waals surface area contributed by atoms with E-state index in [1.165, 1.54) is 5.01 Å².